The number of quaternary nitrogens is 1. The number of hydrogen-bond donors (Lipinski definition) is 0. The summed E-state index contributed by atoms with van der Waals surface area (Å²) in [6.07, 6.45) is 20.1. The fourth-order valence-electron chi connectivity index (χ4n) is 4.78. The molecule has 0 amide bonds. The lowest BCUT2D eigenvalue weighted by Crippen LogP contribution is -2.53. The molecule has 2 rings (SSSR count). The molecule has 0 spiro atoms. The zero-order chi connectivity index (χ0) is 25.8. The van der Waals surface area contributed by atoms with E-state index >= 15 is 0 Å². The van der Waals surface area contributed by atoms with E-state index in [1.54, 1.807) is 6.07 Å². The maximum absolute atomic E-state index is 10.3. The number of unbranched alkanes of at least 4 members (excludes halogenated alkanes) is 11. The predicted octanol–water partition coefficient (Wildman–Crippen LogP) is 7.92. The van der Waals surface area contributed by atoms with Crippen molar-refractivity contribution >= 4 is 32.7 Å². The Morgan fingerprint density at radius 2 is 1.37 bits per heavy atom. The second-order valence-corrected chi connectivity index (χ2v) is 12.2. The Hall–Kier alpha value is -0.620. The maximum atomic E-state index is 10.3. The second-order valence-electron chi connectivity index (χ2n) is 10.3. The van der Waals surface area contributed by atoms with Crippen LogP contribution in [0, 0.1) is 15.8 Å². The Bertz CT molecular complexity index is 809. The number of rotatable bonds is 15. The number of hydrogen-bond acceptors (Lipinski definition) is 3. The molecule has 200 valence electrons. The number of benzene rings is 1. The third-order valence-corrected chi connectivity index (χ3v) is 8.42. The van der Waals surface area contributed by atoms with Gasteiger partial charge in [-0.25, -0.2) is 8.42 Å². The monoisotopic (exact) mass is 617 g/mol. The van der Waals surface area contributed by atoms with Crippen LogP contribution in [0.25, 0.3) is 0 Å². The number of halogens is 1. The smallest absolute Gasteiger partial charge is 0.141 e. The minimum atomic E-state index is -4.25. The van der Waals surface area contributed by atoms with Crippen molar-refractivity contribution in [1.29, 1.82) is 0 Å². The van der Waals surface area contributed by atoms with Gasteiger partial charge in [0.15, 0.2) is 0 Å². The summed E-state index contributed by atoms with van der Waals surface area (Å²) in [7, 11) is -4.25. The zero-order valence-electron chi connectivity index (χ0n) is 22.2. The van der Waals surface area contributed by atoms with Crippen LogP contribution < -0.4 is 0 Å². The van der Waals surface area contributed by atoms with Crippen LogP contribution in [0.1, 0.15) is 104 Å². The minimum Gasteiger partial charge on any atom is -0.744 e. The van der Waals surface area contributed by atoms with Crippen LogP contribution in [0.5, 0.6) is 0 Å². The van der Waals surface area contributed by atoms with Gasteiger partial charge in [0, 0.05) is 22.6 Å². The molecular weight excluding hydrogens is 569 g/mol. The Morgan fingerprint density at radius 3 is 1.80 bits per heavy atom. The van der Waals surface area contributed by atoms with Gasteiger partial charge in [-0.2, -0.15) is 0 Å². The van der Waals surface area contributed by atoms with Gasteiger partial charge in [0.1, 0.15) is 16.7 Å². The maximum Gasteiger partial charge on any atom is 0.141 e. The van der Waals surface area contributed by atoms with Gasteiger partial charge in [-0.15, -0.1) is 0 Å². The van der Waals surface area contributed by atoms with E-state index in [9.17, 15) is 13.0 Å². The fraction of sp³-hybridized carbons (Fsp3) is 0.724. The Labute approximate surface area is 230 Å². The quantitative estimate of drug-likeness (QED) is 0.0661. The molecule has 35 heavy (non-hydrogen) atoms. The van der Waals surface area contributed by atoms with Crippen molar-refractivity contribution in [2.75, 3.05) is 26.2 Å². The summed E-state index contributed by atoms with van der Waals surface area (Å²) < 4.78 is 35.2. The van der Waals surface area contributed by atoms with E-state index < -0.39 is 10.1 Å². The predicted molar refractivity (Wildman–Crippen MR) is 155 cm³/mol. The first-order valence-electron chi connectivity index (χ1n) is 13.8. The topological polar surface area (TPSA) is 57.2 Å². The van der Waals surface area contributed by atoms with Crippen molar-refractivity contribution in [3.05, 3.63) is 30.3 Å². The van der Waals surface area contributed by atoms with Crippen LogP contribution in [0.15, 0.2) is 35.2 Å². The molecule has 1 aliphatic rings. The molecule has 0 bridgehead atoms. The Morgan fingerprint density at radius 1 is 0.886 bits per heavy atom. The number of piperidine rings is 1. The zero-order valence-corrected chi connectivity index (χ0v) is 25.1. The summed E-state index contributed by atoms with van der Waals surface area (Å²) >= 11 is 2.20. The van der Waals surface area contributed by atoms with Gasteiger partial charge in [-0.1, -0.05) is 96.3 Å². The van der Waals surface area contributed by atoms with E-state index in [2.05, 4.69) is 46.3 Å². The van der Waals surface area contributed by atoms with Crippen LogP contribution in [-0.2, 0) is 10.1 Å². The molecule has 1 aromatic carbocycles. The van der Waals surface area contributed by atoms with Gasteiger partial charge in [-0.3, -0.25) is 0 Å². The molecule has 1 heterocycles. The molecule has 0 aromatic heterocycles. The van der Waals surface area contributed by atoms with E-state index in [1.165, 1.54) is 138 Å². The average Bonchev–Trinajstić information content (AvgIpc) is 2.85. The largest absolute Gasteiger partial charge is 0.744 e. The third kappa shape index (κ3) is 16.0. The van der Waals surface area contributed by atoms with Gasteiger partial charge < -0.3 is 9.04 Å². The summed E-state index contributed by atoms with van der Waals surface area (Å²) in [4.78, 5) is -0.185. The first-order chi connectivity index (χ1) is 16.8. The second kappa shape index (κ2) is 19.5. The van der Waals surface area contributed by atoms with Crippen LogP contribution in [0.2, 0.25) is 0 Å². The van der Waals surface area contributed by atoms with Crippen LogP contribution in [0.3, 0.4) is 0 Å². The Kier molecular flexibility index (Phi) is 18.0. The molecule has 4 nitrogen and oxygen atoms in total. The molecule has 0 N–H and O–H groups in total. The van der Waals surface area contributed by atoms with Gasteiger partial charge in [0.25, 0.3) is 0 Å². The lowest BCUT2D eigenvalue weighted by molar-refractivity contribution is -0.927. The summed E-state index contributed by atoms with van der Waals surface area (Å²) in [5.74, 6) is 4.31. The summed E-state index contributed by atoms with van der Waals surface area (Å²) in [5.41, 5.74) is 0. The number of likely N-dealkylation sites (tertiary alicyclic amines) is 1. The van der Waals surface area contributed by atoms with Gasteiger partial charge in [-0.05, 0) is 53.6 Å². The van der Waals surface area contributed by atoms with Crippen molar-refractivity contribution in [3.8, 4) is 9.85 Å². The Balaban J connectivity index is 0.000000507. The van der Waals surface area contributed by atoms with E-state index in [-0.39, 0.29) is 4.90 Å². The lowest BCUT2D eigenvalue weighted by atomic mass is 9.96. The van der Waals surface area contributed by atoms with Gasteiger partial charge >= 0.3 is 0 Å². The standard InChI is InChI=1S/C23H43IN.C6H6O3S/c1-3-4-5-6-7-8-9-10-11-12-13-14-19-25(20-15-18-24)21-16-23(2)17-22-25;7-10(8,9)6-4-2-1-3-5-6/h23H,3-14,16-17,19-22H2,1-2H3;1-5H,(H,7,8,9)/q+1;/p-1. The highest BCUT2D eigenvalue weighted by Crippen LogP contribution is 2.24. The molecule has 1 fully saturated rings. The first kappa shape index (κ1) is 32.4. The molecule has 0 radical (unpaired) electrons. The lowest BCUT2D eigenvalue weighted by Gasteiger charge is -2.42. The first-order valence-corrected chi connectivity index (χ1v) is 16.3. The molecule has 6 heteroatoms. The molecule has 1 saturated heterocycles. The van der Waals surface area contributed by atoms with Crippen molar-refractivity contribution in [2.24, 2.45) is 5.92 Å². The van der Waals surface area contributed by atoms with E-state index in [0.29, 0.717) is 0 Å². The number of nitrogens with zero attached hydrogens (tertiary/aromatic N) is 1. The fourth-order valence-corrected chi connectivity index (χ4v) is 5.44. The van der Waals surface area contributed by atoms with Crippen molar-refractivity contribution in [3.63, 3.8) is 0 Å². The molecule has 0 saturated carbocycles. The van der Waals surface area contributed by atoms with E-state index in [1.807, 2.05) is 0 Å². The molecule has 0 atom stereocenters. The third-order valence-electron chi connectivity index (χ3n) is 7.19. The SMILES string of the molecule is CCCCCCCCCCCCCC[N+]1(CC#CI)CCC(C)CC1.O=S(=O)([O-])c1ccccc1. The van der Waals surface area contributed by atoms with Crippen LogP contribution in [-0.4, -0.2) is 43.6 Å². The van der Waals surface area contributed by atoms with Crippen molar-refractivity contribution in [2.45, 2.75) is 109 Å². The molecule has 1 aliphatic heterocycles. The summed E-state index contributed by atoms with van der Waals surface area (Å²) in [6.45, 7) is 9.91. The molecular formula is C29H48INO3S. The van der Waals surface area contributed by atoms with Crippen LogP contribution in [0.4, 0.5) is 0 Å². The van der Waals surface area contributed by atoms with Crippen molar-refractivity contribution < 1.29 is 17.5 Å². The highest BCUT2D eigenvalue weighted by molar-refractivity contribution is 14.1. The van der Waals surface area contributed by atoms with Crippen molar-refractivity contribution in [1.82, 2.24) is 0 Å². The van der Waals surface area contributed by atoms with Gasteiger partial charge in [0.2, 0.25) is 0 Å². The minimum absolute atomic E-state index is 0.185. The van der Waals surface area contributed by atoms with E-state index in [0.717, 1.165) is 12.5 Å². The van der Waals surface area contributed by atoms with Gasteiger partial charge in [0.05, 0.1) is 24.5 Å². The molecule has 0 aliphatic carbocycles. The summed E-state index contributed by atoms with van der Waals surface area (Å²) in [5, 5.41) is 0. The highest BCUT2D eigenvalue weighted by Gasteiger charge is 2.31. The molecule has 0 unspecified atom stereocenters. The highest BCUT2D eigenvalue weighted by atomic mass is 127. The normalized spacial score (nSPS) is 19.8. The molecule has 1 aromatic rings. The van der Waals surface area contributed by atoms with E-state index in [4.69, 9.17) is 0 Å². The van der Waals surface area contributed by atoms with Crippen LogP contribution >= 0.6 is 22.6 Å². The average molecular weight is 618 g/mol. The summed E-state index contributed by atoms with van der Waals surface area (Å²) in [6, 6.07) is 7.19.